The predicted molar refractivity (Wildman–Crippen MR) is 62.3 cm³/mol. The van der Waals surface area contributed by atoms with Crippen molar-refractivity contribution >= 4 is 17.7 Å². The van der Waals surface area contributed by atoms with Crippen molar-refractivity contribution in [2.45, 2.75) is 6.42 Å². The van der Waals surface area contributed by atoms with Crippen molar-refractivity contribution in [2.75, 3.05) is 18.1 Å². The number of carbonyl (C=O) groups is 2. The molecule has 0 saturated carbocycles. The zero-order chi connectivity index (χ0) is 13.1. The second-order valence-corrected chi connectivity index (χ2v) is 3.95. The number of amides is 1. The van der Waals surface area contributed by atoms with Gasteiger partial charge in [0.15, 0.2) is 0 Å². The average molecular weight is 251 g/mol. The fourth-order valence-electron chi connectivity index (χ4n) is 1.87. The number of ether oxygens (including phenoxy) is 1. The summed E-state index contributed by atoms with van der Waals surface area (Å²) >= 11 is 0. The molecule has 2 rings (SSSR count). The van der Waals surface area contributed by atoms with Crippen LogP contribution in [0.5, 0.6) is 0 Å². The van der Waals surface area contributed by atoms with E-state index in [0.29, 0.717) is 17.8 Å². The fourth-order valence-corrected chi connectivity index (χ4v) is 1.87. The van der Waals surface area contributed by atoms with E-state index in [-0.39, 0.29) is 13.2 Å². The van der Waals surface area contributed by atoms with Gasteiger partial charge in [-0.3, -0.25) is 14.8 Å². The van der Waals surface area contributed by atoms with Crippen molar-refractivity contribution < 1.29 is 19.4 Å². The van der Waals surface area contributed by atoms with Gasteiger partial charge in [-0.2, -0.15) is 5.10 Å². The van der Waals surface area contributed by atoms with Crippen LogP contribution in [0.4, 0.5) is 10.5 Å². The highest BCUT2D eigenvalue weighted by atomic mass is 16.6. The van der Waals surface area contributed by atoms with Gasteiger partial charge in [0.2, 0.25) is 0 Å². The van der Waals surface area contributed by atoms with Crippen molar-refractivity contribution in [3.8, 4) is 0 Å². The lowest BCUT2D eigenvalue weighted by atomic mass is 9.98. The first-order valence-electron chi connectivity index (χ1n) is 5.43. The van der Waals surface area contributed by atoms with E-state index in [0.717, 1.165) is 0 Å². The van der Waals surface area contributed by atoms with Crippen LogP contribution in [0.25, 0.3) is 0 Å². The third-order valence-corrected chi connectivity index (χ3v) is 2.73. The number of carboxylic acid groups (broad SMARTS) is 1. The van der Waals surface area contributed by atoms with E-state index in [2.05, 4.69) is 16.8 Å². The van der Waals surface area contributed by atoms with E-state index in [1.165, 1.54) is 17.2 Å². The number of aromatic nitrogens is 2. The molecule has 0 fully saturated rings. The number of nitrogens with one attached hydrogen (secondary N) is 1. The molecule has 0 radical (unpaired) electrons. The van der Waals surface area contributed by atoms with Gasteiger partial charge < -0.3 is 9.84 Å². The molecule has 1 amide bonds. The first kappa shape index (κ1) is 12.2. The van der Waals surface area contributed by atoms with Crippen LogP contribution < -0.4 is 4.90 Å². The van der Waals surface area contributed by atoms with Gasteiger partial charge in [-0.05, 0) is 0 Å². The van der Waals surface area contributed by atoms with E-state index in [4.69, 9.17) is 9.84 Å². The standard InChI is InChI=1S/C11H13N3O4/c1-2-3-18-11(17)14-6-7(10(15)16)4-8-9(14)5-12-13-8/h2,5,7H,1,3-4,6H2,(H,12,13)(H,15,16). The number of H-pyrrole nitrogens is 1. The summed E-state index contributed by atoms with van der Waals surface area (Å²) in [5, 5.41) is 15.6. The molecule has 1 atom stereocenters. The van der Waals surface area contributed by atoms with Crippen LogP contribution in [-0.4, -0.2) is 40.5 Å². The lowest BCUT2D eigenvalue weighted by molar-refractivity contribution is -0.141. The molecule has 1 aromatic rings. The number of aromatic amines is 1. The summed E-state index contributed by atoms with van der Waals surface area (Å²) in [6.45, 7) is 3.61. The quantitative estimate of drug-likeness (QED) is 0.774. The maximum absolute atomic E-state index is 11.8. The van der Waals surface area contributed by atoms with Crippen LogP contribution in [0.1, 0.15) is 5.69 Å². The van der Waals surface area contributed by atoms with E-state index in [1.54, 1.807) is 0 Å². The highest BCUT2D eigenvalue weighted by Crippen LogP contribution is 2.28. The molecule has 0 aromatic carbocycles. The lowest BCUT2D eigenvalue weighted by Crippen LogP contribution is -2.42. The van der Waals surface area contributed by atoms with Crippen LogP contribution in [0, 0.1) is 5.92 Å². The fraction of sp³-hybridized carbons (Fsp3) is 0.364. The van der Waals surface area contributed by atoms with Crippen LogP contribution in [0.2, 0.25) is 0 Å². The molecule has 1 aromatic heterocycles. The summed E-state index contributed by atoms with van der Waals surface area (Å²) in [6, 6.07) is 0. The first-order valence-corrected chi connectivity index (χ1v) is 5.43. The monoisotopic (exact) mass is 251 g/mol. The van der Waals surface area contributed by atoms with Gasteiger partial charge in [0.25, 0.3) is 0 Å². The van der Waals surface area contributed by atoms with Gasteiger partial charge in [0.1, 0.15) is 6.61 Å². The Morgan fingerprint density at radius 1 is 1.72 bits per heavy atom. The molecule has 7 nitrogen and oxygen atoms in total. The van der Waals surface area contributed by atoms with Crippen molar-refractivity contribution in [3.05, 3.63) is 24.5 Å². The van der Waals surface area contributed by atoms with Crippen molar-refractivity contribution in [1.29, 1.82) is 0 Å². The number of rotatable bonds is 3. The second kappa shape index (κ2) is 4.91. The number of carbonyl (C=O) groups excluding carboxylic acids is 1. The van der Waals surface area contributed by atoms with E-state index < -0.39 is 18.0 Å². The molecule has 2 N–H and O–H groups in total. The Balaban J connectivity index is 2.21. The molecule has 1 unspecified atom stereocenters. The molecular formula is C11H13N3O4. The Morgan fingerprint density at radius 3 is 3.17 bits per heavy atom. The largest absolute Gasteiger partial charge is 0.481 e. The maximum atomic E-state index is 11.8. The Kier molecular flexibility index (Phi) is 3.31. The van der Waals surface area contributed by atoms with Crippen molar-refractivity contribution in [3.63, 3.8) is 0 Å². The molecule has 0 spiro atoms. The van der Waals surface area contributed by atoms with Gasteiger partial charge >= 0.3 is 12.1 Å². The van der Waals surface area contributed by atoms with Crippen molar-refractivity contribution in [1.82, 2.24) is 10.2 Å². The molecule has 7 heteroatoms. The minimum Gasteiger partial charge on any atom is -0.481 e. The summed E-state index contributed by atoms with van der Waals surface area (Å²) < 4.78 is 4.92. The second-order valence-electron chi connectivity index (χ2n) is 3.95. The maximum Gasteiger partial charge on any atom is 0.414 e. The van der Waals surface area contributed by atoms with Crippen molar-refractivity contribution in [2.24, 2.45) is 5.92 Å². The smallest absolute Gasteiger partial charge is 0.414 e. The third-order valence-electron chi connectivity index (χ3n) is 2.73. The van der Waals surface area contributed by atoms with E-state index in [9.17, 15) is 9.59 Å². The minimum atomic E-state index is -0.947. The Bertz CT molecular complexity index is 482. The van der Waals surface area contributed by atoms with Crippen LogP contribution in [0.15, 0.2) is 18.9 Å². The number of nitrogens with zero attached hydrogens (tertiary/aromatic N) is 2. The minimum absolute atomic E-state index is 0.0812. The molecule has 18 heavy (non-hydrogen) atoms. The number of anilines is 1. The first-order chi connectivity index (χ1) is 8.63. The molecule has 96 valence electrons. The van der Waals surface area contributed by atoms with Gasteiger partial charge in [-0.15, -0.1) is 0 Å². The lowest BCUT2D eigenvalue weighted by Gasteiger charge is -2.29. The highest BCUT2D eigenvalue weighted by Gasteiger charge is 2.34. The topological polar surface area (TPSA) is 95.5 Å². The number of aliphatic carboxylic acids is 1. The van der Waals surface area contributed by atoms with Gasteiger partial charge in [-0.1, -0.05) is 12.7 Å². The molecule has 1 aliphatic heterocycles. The zero-order valence-corrected chi connectivity index (χ0v) is 9.63. The Labute approximate surface area is 103 Å². The van der Waals surface area contributed by atoms with E-state index >= 15 is 0 Å². The third kappa shape index (κ3) is 2.20. The van der Waals surface area contributed by atoms with Gasteiger partial charge in [-0.25, -0.2) is 4.79 Å². The normalized spacial score (nSPS) is 18.0. The summed E-state index contributed by atoms with van der Waals surface area (Å²) in [6.07, 6.45) is 2.68. The molecule has 0 saturated heterocycles. The number of hydrogen-bond acceptors (Lipinski definition) is 4. The average Bonchev–Trinajstić information content (AvgIpc) is 2.82. The molecule has 1 aliphatic rings. The van der Waals surface area contributed by atoms with Crippen LogP contribution in [0.3, 0.4) is 0 Å². The summed E-state index contributed by atoms with van der Waals surface area (Å²) in [7, 11) is 0. The Morgan fingerprint density at radius 2 is 2.50 bits per heavy atom. The highest BCUT2D eigenvalue weighted by molar-refractivity contribution is 5.90. The molecule has 0 aliphatic carbocycles. The number of carboxylic acids is 1. The molecular weight excluding hydrogens is 238 g/mol. The number of hydrogen-bond donors (Lipinski definition) is 2. The van der Waals surface area contributed by atoms with Gasteiger partial charge in [0, 0.05) is 13.0 Å². The summed E-state index contributed by atoms with van der Waals surface area (Å²) in [5.74, 6) is -1.61. The zero-order valence-electron chi connectivity index (χ0n) is 9.63. The molecule has 0 bridgehead atoms. The summed E-state index contributed by atoms with van der Waals surface area (Å²) in [4.78, 5) is 24.1. The van der Waals surface area contributed by atoms with Crippen LogP contribution >= 0.6 is 0 Å². The Hall–Kier alpha value is -2.31. The predicted octanol–water partition coefficient (Wildman–Crippen LogP) is 0.796. The SMILES string of the molecule is C=CCOC(=O)N1CC(C(=O)O)Cc2[nH]ncc21. The summed E-state index contributed by atoms with van der Waals surface area (Å²) in [5.41, 5.74) is 1.20. The number of fused-ring (bicyclic) bond motifs is 1. The van der Waals surface area contributed by atoms with Crippen LogP contribution in [-0.2, 0) is 16.0 Å². The molecule has 2 heterocycles. The van der Waals surface area contributed by atoms with E-state index in [1.807, 2.05) is 0 Å². The van der Waals surface area contributed by atoms with Gasteiger partial charge in [0.05, 0.1) is 23.5 Å².